The van der Waals surface area contributed by atoms with Gasteiger partial charge in [-0.3, -0.25) is 14.4 Å². The lowest BCUT2D eigenvalue weighted by Crippen LogP contribution is -2.46. The Morgan fingerprint density at radius 1 is 1.30 bits per heavy atom. The van der Waals surface area contributed by atoms with Gasteiger partial charge in [0.25, 0.3) is 5.91 Å². The molecule has 1 heterocycles. The average molecular weight is 495 g/mol. The first-order chi connectivity index (χ1) is 14.3. The second-order valence-electron chi connectivity index (χ2n) is 7.00. The van der Waals surface area contributed by atoms with Gasteiger partial charge in [0.15, 0.2) is 6.61 Å². The first-order valence-corrected chi connectivity index (χ1v) is 10.5. The van der Waals surface area contributed by atoms with Crippen molar-refractivity contribution in [2.75, 3.05) is 30.4 Å². The number of carbonyl (C=O) groups excluding carboxylic acids is 3. The van der Waals surface area contributed by atoms with E-state index in [0.29, 0.717) is 22.1 Å². The molecule has 1 atom stereocenters. The van der Waals surface area contributed by atoms with Crippen molar-refractivity contribution >= 4 is 56.6 Å². The number of fused-ring (bicyclic) bond motifs is 1. The van der Waals surface area contributed by atoms with Gasteiger partial charge in [-0.15, -0.1) is 0 Å². The molecule has 1 aliphatic heterocycles. The van der Waals surface area contributed by atoms with Crippen LogP contribution < -0.4 is 15.0 Å². The number of nitrogens with one attached hydrogen (secondary N) is 1. The minimum Gasteiger partial charge on any atom is -0.482 e. The highest BCUT2D eigenvalue weighted by atomic mass is 79.9. The number of carbonyl (C=O) groups is 3. The Morgan fingerprint density at radius 3 is 2.77 bits per heavy atom. The minimum absolute atomic E-state index is 0.150. The molecule has 3 rings (SSSR count). The van der Waals surface area contributed by atoms with Crippen LogP contribution in [0.4, 0.5) is 11.4 Å². The van der Waals surface area contributed by atoms with E-state index in [0.717, 1.165) is 4.47 Å². The van der Waals surface area contributed by atoms with Crippen LogP contribution in [-0.4, -0.2) is 48.9 Å². The predicted octanol–water partition coefficient (Wildman–Crippen LogP) is 3.70. The van der Waals surface area contributed by atoms with Gasteiger partial charge in [0.2, 0.25) is 11.8 Å². The molecule has 0 saturated heterocycles. The molecule has 0 radical (unpaired) electrons. The highest BCUT2D eigenvalue weighted by molar-refractivity contribution is 9.10. The van der Waals surface area contributed by atoms with Crippen molar-refractivity contribution < 1.29 is 19.1 Å². The third kappa shape index (κ3) is 5.12. The Kier molecular flexibility index (Phi) is 6.99. The maximum absolute atomic E-state index is 13.0. The fourth-order valence-electron chi connectivity index (χ4n) is 3.18. The summed E-state index contributed by atoms with van der Waals surface area (Å²) in [6, 6.07) is 11.8. The number of halogens is 2. The SMILES string of the molecule is C[C@H]1CC(=O)Nc2ccccc2N1C(=O)CN(C)C(=O)COc1ccc(Br)cc1Cl. The van der Waals surface area contributed by atoms with Crippen LogP contribution in [0, 0.1) is 0 Å². The third-order valence-corrected chi connectivity index (χ3v) is 5.46. The lowest BCUT2D eigenvalue weighted by Gasteiger charge is -2.29. The second-order valence-corrected chi connectivity index (χ2v) is 8.32. The molecular weight excluding hydrogens is 474 g/mol. The zero-order valence-corrected chi connectivity index (χ0v) is 18.9. The Morgan fingerprint density at radius 2 is 2.03 bits per heavy atom. The van der Waals surface area contributed by atoms with E-state index in [1.54, 1.807) is 54.3 Å². The summed E-state index contributed by atoms with van der Waals surface area (Å²) < 4.78 is 6.29. The van der Waals surface area contributed by atoms with Gasteiger partial charge in [0.1, 0.15) is 5.75 Å². The van der Waals surface area contributed by atoms with Gasteiger partial charge in [-0.2, -0.15) is 0 Å². The maximum atomic E-state index is 13.0. The van der Waals surface area contributed by atoms with Gasteiger partial charge < -0.3 is 19.9 Å². The minimum atomic E-state index is -0.368. The summed E-state index contributed by atoms with van der Waals surface area (Å²) >= 11 is 9.40. The first kappa shape index (κ1) is 22.1. The van der Waals surface area contributed by atoms with E-state index < -0.39 is 0 Å². The monoisotopic (exact) mass is 493 g/mol. The second kappa shape index (κ2) is 9.49. The maximum Gasteiger partial charge on any atom is 0.260 e. The molecule has 0 bridgehead atoms. The molecule has 0 saturated carbocycles. The fraction of sp³-hybridized carbons (Fsp3) is 0.286. The van der Waals surface area contributed by atoms with Crippen LogP contribution in [-0.2, 0) is 14.4 Å². The summed E-state index contributed by atoms with van der Waals surface area (Å²) in [6.07, 6.45) is 0.170. The Bertz CT molecular complexity index is 984. The van der Waals surface area contributed by atoms with Crippen molar-refractivity contribution in [1.82, 2.24) is 4.90 Å². The number of likely N-dealkylation sites (N-methyl/N-ethyl adjacent to an activating group) is 1. The van der Waals surface area contributed by atoms with Crippen LogP contribution in [0.2, 0.25) is 5.02 Å². The van der Waals surface area contributed by atoms with Crippen LogP contribution in [0.5, 0.6) is 5.75 Å². The number of benzene rings is 2. The molecule has 3 amide bonds. The molecule has 30 heavy (non-hydrogen) atoms. The summed E-state index contributed by atoms with van der Waals surface area (Å²) in [5, 5.41) is 3.19. The summed E-state index contributed by atoms with van der Waals surface area (Å²) in [7, 11) is 1.53. The normalized spacial score (nSPS) is 15.7. The molecular formula is C21H21BrClN3O4. The van der Waals surface area contributed by atoms with Crippen LogP contribution in [0.25, 0.3) is 0 Å². The molecule has 0 aliphatic carbocycles. The molecule has 0 aromatic heterocycles. The number of amides is 3. The van der Waals surface area contributed by atoms with Crippen LogP contribution in [0.1, 0.15) is 13.3 Å². The number of nitrogens with zero attached hydrogens (tertiary/aromatic N) is 2. The van der Waals surface area contributed by atoms with Crippen LogP contribution >= 0.6 is 27.5 Å². The van der Waals surface area contributed by atoms with E-state index in [2.05, 4.69) is 21.2 Å². The van der Waals surface area contributed by atoms with E-state index in [4.69, 9.17) is 16.3 Å². The van der Waals surface area contributed by atoms with Crippen LogP contribution in [0.3, 0.4) is 0 Å². The summed E-state index contributed by atoms with van der Waals surface area (Å²) in [5.41, 5.74) is 1.18. The first-order valence-electron chi connectivity index (χ1n) is 9.29. The average Bonchev–Trinajstić information content (AvgIpc) is 2.81. The molecule has 7 nitrogen and oxygen atoms in total. The molecule has 2 aromatic rings. The van der Waals surface area contributed by atoms with E-state index >= 15 is 0 Å². The molecule has 0 fully saturated rings. The highest BCUT2D eigenvalue weighted by Crippen LogP contribution is 2.31. The van der Waals surface area contributed by atoms with Gasteiger partial charge in [-0.05, 0) is 37.3 Å². The Hall–Kier alpha value is -2.58. The number of para-hydroxylation sites is 2. The summed E-state index contributed by atoms with van der Waals surface area (Å²) in [4.78, 5) is 40.4. The van der Waals surface area contributed by atoms with Crippen molar-refractivity contribution in [1.29, 1.82) is 0 Å². The molecule has 0 spiro atoms. The van der Waals surface area contributed by atoms with Gasteiger partial charge >= 0.3 is 0 Å². The quantitative estimate of drug-likeness (QED) is 0.687. The predicted molar refractivity (Wildman–Crippen MR) is 119 cm³/mol. The number of hydrogen-bond donors (Lipinski definition) is 1. The smallest absolute Gasteiger partial charge is 0.260 e. The van der Waals surface area contributed by atoms with Gasteiger partial charge in [-0.25, -0.2) is 0 Å². The van der Waals surface area contributed by atoms with Gasteiger partial charge in [0.05, 0.1) is 22.9 Å². The molecule has 0 unspecified atom stereocenters. The number of rotatable bonds is 5. The third-order valence-electron chi connectivity index (χ3n) is 4.67. The largest absolute Gasteiger partial charge is 0.482 e. The lowest BCUT2D eigenvalue weighted by molar-refractivity contribution is -0.135. The molecule has 2 aromatic carbocycles. The molecule has 1 aliphatic rings. The van der Waals surface area contributed by atoms with Gasteiger partial charge in [0, 0.05) is 24.0 Å². The van der Waals surface area contributed by atoms with Gasteiger partial charge in [-0.1, -0.05) is 39.7 Å². The molecule has 9 heteroatoms. The standard InChI is InChI=1S/C21H21BrClN3O4/c1-13-9-19(27)24-16-5-3-4-6-17(16)26(13)20(28)11-25(2)21(29)12-30-18-8-7-14(22)10-15(18)23/h3-8,10,13H,9,11-12H2,1-2H3,(H,24,27)/t13-/m0/s1. The Labute approximate surface area is 188 Å². The van der Waals surface area contributed by atoms with E-state index in [9.17, 15) is 14.4 Å². The van der Waals surface area contributed by atoms with Crippen LogP contribution in [0.15, 0.2) is 46.9 Å². The van der Waals surface area contributed by atoms with E-state index in [1.165, 1.54) is 11.9 Å². The topological polar surface area (TPSA) is 79.0 Å². The summed E-state index contributed by atoms with van der Waals surface area (Å²) in [6.45, 7) is 1.40. The van der Waals surface area contributed by atoms with E-state index in [-0.39, 0.29) is 43.3 Å². The summed E-state index contributed by atoms with van der Waals surface area (Å²) in [5.74, 6) is -0.432. The number of hydrogen-bond acceptors (Lipinski definition) is 4. The highest BCUT2D eigenvalue weighted by Gasteiger charge is 2.30. The van der Waals surface area contributed by atoms with Crippen molar-refractivity contribution in [3.63, 3.8) is 0 Å². The molecule has 1 N–H and O–H groups in total. The Balaban J connectivity index is 1.67. The van der Waals surface area contributed by atoms with E-state index in [1.807, 2.05) is 0 Å². The number of anilines is 2. The van der Waals surface area contributed by atoms with Crippen molar-refractivity contribution in [3.05, 3.63) is 52.0 Å². The zero-order chi connectivity index (χ0) is 21.8. The number of ether oxygens (including phenoxy) is 1. The molecule has 158 valence electrons. The van der Waals surface area contributed by atoms with Crippen molar-refractivity contribution in [3.8, 4) is 5.75 Å². The lowest BCUT2D eigenvalue weighted by atomic mass is 10.1. The van der Waals surface area contributed by atoms with Crippen molar-refractivity contribution in [2.24, 2.45) is 0 Å². The van der Waals surface area contributed by atoms with Crippen molar-refractivity contribution in [2.45, 2.75) is 19.4 Å². The fourth-order valence-corrected chi connectivity index (χ4v) is 3.91. The zero-order valence-electron chi connectivity index (χ0n) is 16.5.